The Morgan fingerprint density at radius 2 is 2.13 bits per heavy atom. The average molecular weight is 214 g/mol. The maximum Gasteiger partial charge on any atom is 0.0672 e. The van der Waals surface area contributed by atoms with Crippen molar-refractivity contribution in [1.29, 1.82) is 0 Å². The largest absolute Gasteiger partial charge is 0.376 e. The number of ether oxygens (including phenoxy) is 1. The van der Waals surface area contributed by atoms with Crippen LogP contribution in [0.5, 0.6) is 0 Å². The van der Waals surface area contributed by atoms with Gasteiger partial charge >= 0.3 is 0 Å². The normalized spacial score (nSPS) is 13.1. The van der Waals surface area contributed by atoms with Crippen molar-refractivity contribution in [2.24, 2.45) is 11.7 Å². The molecule has 3 nitrogen and oxygen atoms in total. The molecule has 0 aromatic rings. The number of hydrogen-bond acceptors (Lipinski definition) is 3. The highest BCUT2D eigenvalue weighted by atomic mass is 16.5. The van der Waals surface area contributed by atoms with E-state index in [4.69, 9.17) is 10.5 Å². The smallest absolute Gasteiger partial charge is 0.0672 e. The molecular weight excluding hydrogens is 188 g/mol. The van der Waals surface area contributed by atoms with E-state index in [1.54, 1.807) is 0 Å². The second kappa shape index (κ2) is 8.89. The van der Waals surface area contributed by atoms with Gasteiger partial charge in [-0.2, -0.15) is 0 Å². The number of hydrogen-bond donors (Lipinski definition) is 2. The van der Waals surface area contributed by atoms with Crippen LogP contribution in [0.1, 0.15) is 27.2 Å². The monoisotopic (exact) mass is 214 g/mol. The van der Waals surface area contributed by atoms with Crippen molar-refractivity contribution in [1.82, 2.24) is 5.32 Å². The van der Waals surface area contributed by atoms with Gasteiger partial charge in [0.15, 0.2) is 0 Å². The van der Waals surface area contributed by atoms with Crippen LogP contribution in [0.2, 0.25) is 0 Å². The summed E-state index contributed by atoms with van der Waals surface area (Å²) in [5.41, 5.74) is 6.73. The maximum atomic E-state index is 5.67. The SMILES string of the molecule is C=C(C)COCCNC(CN)CC(C)C. The molecule has 90 valence electrons. The molecule has 0 amide bonds. The summed E-state index contributed by atoms with van der Waals surface area (Å²) < 4.78 is 5.39. The standard InChI is InChI=1S/C12H26N2O/c1-10(2)7-12(8-13)14-5-6-15-9-11(3)4/h10,12,14H,3,5-9,13H2,1-2,4H3. The fourth-order valence-electron chi connectivity index (χ4n) is 1.41. The quantitative estimate of drug-likeness (QED) is 0.452. The van der Waals surface area contributed by atoms with E-state index in [0.717, 1.165) is 25.1 Å². The Balaban J connectivity index is 3.42. The summed E-state index contributed by atoms with van der Waals surface area (Å²) in [6.45, 7) is 13.1. The summed E-state index contributed by atoms with van der Waals surface area (Å²) in [4.78, 5) is 0. The molecule has 0 saturated carbocycles. The predicted octanol–water partition coefficient (Wildman–Crippen LogP) is 1.54. The number of rotatable bonds is 9. The minimum atomic E-state index is 0.415. The lowest BCUT2D eigenvalue weighted by Gasteiger charge is -2.18. The van der Waals surface area contributed by atoms with Crippen molar-refractivity contribution in [3.05, 3.63) is 12.2 Å². The molecule has 0 bridgehead atoms. The zero-order chi connectivity index (χ0) is 11.7. The Morgan fingerprint density at radius 1 is 1.47 bits per heavy atom. The van der Waals surface area contributed by atoms with Gasteiger partial charge in [-0.3, -0.25) is 0 Å². The molecule has 3 heteroatoms. The molecule has 0 fully saturated rings. The van der Waals surface area contributed by atoms with Crippen LogP contribution < -0.4 is 11.1 Å². The Bertz CT molecular complexity index is 169. The van der Waals surface area contributed by atoms with Gasteiger partial charge in [0.2, 0.25) is 0 Å². The van der Waals surface area contributed by atoms with Crippen molar-refractivity contribution >= 4 is 0 Å². The molecular formula is C12H26N2O. The molecule has 1 atom stereocenters. The average Bonchev–Trinajstić information content (AvgIpc) is 2.14. The molecule has 15 heavy (non-hydrogen) atoms. The number of nitrogens with two attached hydrogens (primary N) is 1. The van der Waals surface area contributed by atoms with Crippen LogP contribution in [0.15, 0.2) is 12.2 Å². The lowest BCUT2D eigenvalue weighted by atomic mass is 10.0. The third-order valence-corrected chi connectivity index (χ3v) is 2.07. The molecule has 0 aromatic heterocycles. The first-order valence-corrected chi connectivity index (χ1v) is 5.71. The van der Waals surface area contributed by atoms with Gasteiger partial charge in [-0.25, -0.2) is 0 Å². The third kappa shape index (κ3) is 9.91. The zero-order valence-electron chi connectivity index (χ0n) is 10.4. The second-order valence-electron chi connectivity index (χ2n) is 4.53. The first-order chi connectivity index (χ1) is 7.06. The van der Waals surface area contributed by atoms with Crippen LogP contribution in [0.3, 0.4) is 0 Å². The van der Waals surface area contributed by atoms with Crippen LogP contribution in [-0.2, 0) is 4.74 Å². The highest BCUT2D eigenvalue weighted by Gasteiger charge is 2.07. The van der Waals surface area contributed by atoms with Crippen LogP contribution in [0, 0.1) is 5.92 Å². The summed E-state index contributed by atoms with van der Waals surface area (Å²) in [5, 5.41) is 3.39. The highest BCUT2D eigenvalue weighted by Crippen LogP contribution is 2.02. The lowest BCUT2D eigenvalue weighted by molar-refractivity contribution is 0.154. The van der Waals surface area contributed by atoms with Gasteiger partial charge in [-0.15, -0.1) is 0 Å². The Kier molecular flexibility index (Phi) is 8.67. The molecule has 0 aliphatic rings. The molecule has 0 heterocycles. The van der Waals surface area contributed by atoms with E-state index in [1.165, 1.54) is 0 Å². The summed E-state index contributed by atoms with van der Waals surface area (Å²) in [6.07, 6.45) is 1.12. The van der Waals surface area contributed by atoms with E-state index in [-0.39, 0.29) is 0 Å². The molecule has 0 aromatic carbocycles. The van der Waals surface area contributed by atoms with Crippen LogP contribution >= 0.6 is 0 Å². The van der Waals surface area contributed by atoms with Crippen LogP contribution in [-0.4, -0.2) is 32.3 Å². The van der Waals surface area contributed by atoms with E-state index in [0.29, 0.717) is 25.1 Å². The number of nitrogens with one attached hydrogen (secondary N) is 1. The molecule has 1 unspecified atom stereocenters. The second-order valence-corrected chi connectivity index (χ2v) is 4.53. The Morgan fingerprint density at radius 3 is 2.60 bits per heavy atom. The van der Waals surface area contributed by atoms with Gasteiger partial charge in [-0.05, 0) is 19.3 Å². The predicted molar refractivity (Wildman–Crippen MR) is 65.9 cm³/mol. The summed E-state index contributed by atoms with van der Waals surface area (Å²) in [5.74, 6) is 0.683. The van der Waals surface area contributed by atoms with E-state index in [9.17, 15) is 0 Å². The van der Waals surface area contributed by atoms with Gasteiger partial charge < -0.3 is 15.8 Å². The summed E-state index contributed by atoms with van der Waals surface area (Å²) in [6, 6.07) is 0.415. The van der Waals surface area contributed by atoms with Crippen molar-refractivity contribution in [2.45, 2.75) is 33.2 Å². The highest BCUT2D eigenvalue weighted by molar-refractivity contribution is 4.87. The van der Waals surface area contributed by atoms with Crippen molar-refractivity contribution in [2.75, 3.05) is 26.3 Å². The Hall–Kier alpha value is -0.380. The van der Waals surface area contributed by atoms with E-state index in [2.05, 4.69) is 25.7 Å². The minimum Gasteiger partial charge on any atom is -0.376 e. The van der Waals surface area contributed by atoms with E-state index < -0.39 is 0 Å². The zero-order valence-corrected chi connectivity index (χ0v) is 10.4. The maximum absolute atomic E-state index is 5.67. The third-order valence-electron chi connectivity index (χ3n) is 2.07. The van der Waals surface area contributed by atoms with Crippen molar-refractivity contribution in [3.8, 4) is 0 Å². The molecule has 0 aliphatic carbocycles. The molecule has 0 radical (unpaired) electrons. The van der Waals surface area contributed by atoms with Crippen molar-refractivity contribution in [3.63, 3.8) is 0 Å². The molecule has 3 N–H and O–H groups in total. The molecule has 0 saturated heterocycles. The fourth-order valence-corrected chi connectivity index (χ4v) is 1.41. The summed E-state index contributed by atoms with van der Waals surface area (Å²) in [7, 11) is 0. The molecule has 0 aliphatic heterocycles. The Labute approximate surface area is 94.1 Å². The summed E-state index contributed by atoms with van der Waals surface area (Å²) >= 11 is 0. The first-order valence-electron chi connectivity index (χ1n) is 5.71. The van der Waals surface area contributed by atoms with Gasteiger partial charge in [0.05, 0.1) is 13.2 Å². The van der Waals surface area contributed by atoms with Gasteiger partial charge in [0.1, 0.15) is 0 Å². The van der Waals surface area contributed by atoms with Crippen molar-refractivity contribution < 1.29 is 4.74 Å². The topological polar surface area (TPSA) is 47.3 Å². The van der Waals surface area contributed by atoms with Gasteiger partial charge in [0, 0.05) is 19.1 Å². The fraction of sp³-hybridized carbons (Fsp3) is 0.833. The van der Waals surface area contributed by atoms with Gasteiger partial charge in [-0.1, -0.05) is 26.0 Å². The van der Waals surface area contributed by atoms with E-state index in [1.807, 2.05) is 6.92 Å². The van der Waals surface area contributed by atoms with Crippen LogP contribution in [0.4, 0.5) is 0 Å². The molecule has 0 spiro atoms. The van der Waals surface area contributed by atoms with Crippen LogP contribution in [0.25, 0.3) is 0 Å². The lowest BCUT2D eigenvalue weighted by Crippen LogP contribution is -2.39. The molecule has 0 rings (SSSR count). The van der Waals surface area contributed by atoms with Gasteiger partial charge in [0.25, 0.3) is 0 Å². The van der Waals surface area contributed by atoms with E-state index >= 15 is 0 Å². The minimum absolute atomic E-state index is 0.415. The first kappa shape index (κ1) is 14.6.